The van der Waals surface area contributed by atoms with Crippen molar-refractivity contribution in [1.82, 2.24) is 19.0 Å². The molecule has 36 heavy (non-hydrogen) atoms. The van der Waals surface area contributed by atoms with Crippen molar-refractivity contribution in [3.8, 4) is 22.6 Å². The van der Waals surface area contributed by atoms with Crippen LogP contribution in [0, 0.1) is 0 Å². The molecule has 5 rings (SSSR count). The molecule has 1 fully saturated rings. The summed E-state index contributed by atoms with van der Waals surface area (Å²) < 4.78 is 13.2. The van der Waals surface area contributed by atoms with E-state index in [-0.39, 0.29) is 18.3 Å². The van der Waals surface area contributed by atoms with Crippen LogP contribution in [0.2, 0.25) is 0 Å². The third kappa shape index (κ3) is 3.96. The van der Waals surface area contributed by atoms with Gasteiger partial charge in [-0.15, -0.1) is 0 Å². The van der Waals surface area contributed by atoms with Gasteiger partial charge in [0.25, 0.3) is 0 Å². The number of carbonyl (C=O) groups is 2. The lowest BCUT2D eigenvalue weighted by Gasteiger charge is -2.13. The van der Waals surface area contributed by atoms with Crippen LogP contribution in [0.3, 0.4) is 0 Å². The molecular weight excluding hydrogens is 464 g/mol. The molecule has 2 aromatic heterocycles. The van der Waals surface area contributed by atoms with Gasteiger partial charge in [-0.05, 0) is 41.8 Å². The number of ether oxygens (including phenoxy) is 2. The quantitative estimate of drug-likeness (QED) is 0.427. The van der Waals surface area contributed by atoms with Crippen molar-refractivity contribution in [2.45, 2.75) is 12.5 Å². The number of hydrogen-bond acceptors (Lipinski definition) is 6. The summed E-state index contributed by atoms with van der Waals surface area (Å²) in [6, 6.07) is 16.0. The van der Waals surface area contributed by atoms with E-state index < -0.39 is 12.1 Å². The summed E-state index contributed by atoms with van der Waals surface area (Å²) in [5.74, 6) is 0.111. The van der Waals surface area contributed by atoms with Crippen LogP contribution in [0.5, 0.6) is 5.75 Å². The van der Waals surface area contributed by atoms with Gasteiger partial charge in [0, 0.05) is 19.2 Å². The second-order valence-corrected chi connectivity index (χ2v) is 8.49. The molecule has 0 saturated carbocycles. The fourth-order valence-electron chi connectivity index (χ4n) is 4.62. The van der Waals surface area contributed by atoms with Crippen molar-refractivity contribution in [3.05, 3.63) is 76.8 Å². The first kappa shape index (κ1) is 23.2. The molecule has 1 amide bonds. The number of pyridine rings is 1. The molecule has 184 valence electrons. The fourth-order valence-corrected chi connectivity index (χ4v) is 4.62. The molecule has 1 unspecified atom stereocenters. The second kappa shape index (κ2) is 9.21. The minimum Gasteiger partial charge on any atom is -0.495 e. The van der Waals surface area contributed by atoms with Crippen molar-refractivity contribution in [3.63, 3.8) is 0 Å². The average molecular weight is 489 g/mol. The summed E-state index contributed by atoms with van der Waals surface area (Å²) in [6.45, 7) is 0.585. The summed E-state index contributed by atoms with van der Waals surface area (Å²) in [5, 5.41) is 9.37. The molecule has 3 heterocycles. The number of hydrogen-bond donors (Lipinski definition) is 1. The molecule has 2 aromatic carbocycles. The number of imidazole rings is 1. The summed E-state index contributed by atoms with van der Waals surface area (Å²) in [7, 11) is 2.87. The number of esters is 1. The number of fused-ring (bicyclic) bond motifs is 1. The van der Waals surface area contributed by atoms with E-state index in [1.807, 2.05) is 36.4 Å². The van der Waals surface area contributed by atoms with E-state index in [0.29, 0.717) is 41.1 Å². The van der Waals surface area contributed by atoms with Crippen LogP contribution in [-0.2, 0) is 4.74 Å². The molecule has 1 saturated heterocycles. The van der Waals surface area contributed by atoms with Gasteiger partial charge >= 0.3 is 17.8 Å². The lowest BCUT2D eigenvalue weighted by Crippen LogP contribution is -2.31. The number of nitrogens with zero attached hydrogens (tertiary/aromatic N) is 4. The Morgan fingerprint density at radius 1 is 1.03 bits per heavy atom. The van der Waals surface area contributed by atoms with Crippen molar-refractivity contribution < 1.29 is 24.2 Å². The molecule has 0 spiro atoms. The first-order valence-electron chi connectivity index (χ1n) is 11.4. The van der Waals surface area contributed by atoms with E-state index in [0.717, 1.165) is 11.1 Å². The van der Waals surface area contributed by atoms with Gasteiger partial charge in [-0.1, -0.05) is 24.3 Å². The predicted octanol–water partition coefficient (Wildman–Crippen LogP) is 3.57. The van der Waals surface area contributed by atoms with Gasteiger partial charge in [-0.25, -0.2) is 19.4 Å². The lowest BCUT2D eigenvalue weighted by molar-refractivity contribution is 0.0600. The Balaban J connectivity index is 1.56. The van der Waals surface area contributed by atoms with Crippen molar-refractivity contribution in [2.24, 2.45) is 0 Å². The topological polar surface area (TPSA) is 116 Å². The molecule has 1 atom stereocenters. The largest absolute Gasteiger partial charge is 0.495 e. The number of likely N-dealkylation sites (tertiary alicyclic amines) is 1. The van der Waals surface area contributed by atoms with E-state index in [2.05, 4.69) is 4.98 Å². The summed E-state index contributed by atoms with van der Waals surface area (Å²) in [5.41, 5.74) is 3.68. The SMILES string of the molecule is COC(=O)c1ccc(-c2ccc(-n3c(=O)n(C4CCN(C(=O)O)C4)c4ncc(OC)cc43)cc2)cc1. The molecule has 1 aliphatic rings. The highest BCUT2D eigenvalue weighted by atomic mass is 16.5. The van der Waals surface area contributed by atoms with Gasteiger partial charge in [0.15, 0.2) is 5.65 Å². The Morgan fingerprint density at radius 3 is 2.28 bits per heavy atom. The van der Waals surface area contributed by atoms with E-state index in [4.69, 9.17) is 9.47 Å². The normalized spacial score (nSPS) is 15.3. The van der Waals surface area contributed by atoms with Crippen LogP contribution in [0.25, 0.3) is 28.0 Å². The maximum absolute atomic E-state index is 13.7. The second-order valence-electron chi connectivity index (χ2n) is 8.49. The first-order valence-corrected chi connectivity index (χ1v) is 11.4. The van der Waals surface area contributed by atoms with Gasteiger partial charge in [-0.2, -0.15) is 0 Å². The van der Waals surface area contributed by atoms with Crippen LogP contribution in [0.15, 0.2) is 65.6 Å². The fraction of sp³-hybridized carbons (Fsp3) is 0.231. The smallest absolute Gasteiger partial charge is 0.407 e. The number of carboxylic acid groups (broad SMARTS) is 1. The zero-order chi connectivity index (χ0) is 25.4. The van der Waals surface area contributed by atoms with Crippen LogP contribution < -0.4 is 10.4 Å². The molecule has 0 bridgehead atoms. The lowest BCUT2D eigenvalue weighted by atomic mass is 10.0. The van der Waals surface area contributed by atoms with Crippen LogP contribution in [0.1, 0.15) is 22.8 Å². The minimum atomic E-state index is -1.00. The van der Waals surface area contributed by atoms with Gasteiger partial charge in [-0.3, -0.25) is 9.13 Å². The van der Waals surface area contributed by atoms with Gasteiger partial charge in [0.2, 0.25) is 0 Å². The van der Waals surface area contributed by atoms with Crippen molar-refractivity contribution >= 4 is 23.2 Å². The Bertz CT molecular complexity index is 1500. The maximum atomic E-state index is 13.7. The highest BCUT2D eigenvalue weighted by Gasteiger charge is 2.31. The van der Waals surface area contributed by atoms with Crippen LogP contribution >= 0.6 is 0 Å². The minimum absolute atomic E-state index is 0.225. The molecule has 1 aliphatic heterocycles. The van der Waals surface area contributed by atoms with E-state index in [1.165, 1.54) is 19.1 Å². The number of aromatic nitrogens is 3. The number of benzene rings is 2. The van der Waals surface area contributed by atoms with Crippen LogP contribution in [-0.4, -0.2) is 63.5 Å². The van der Waals surface area contributed by atoms with E-state index >= 15 is 0 Å². The maximum Gasteiger partial charge on any atom is 0.407 e. The molecule has 10 nitrogen and oxygen atoms in total. The summed E-state index contributed by atoms with van der Waals surface area (Å²) >= 11 is 0. The Hall–Kier alpha value is -4.60. The number of methoxy groups -OCH3 is 2. The van der Waals surface area contributed by atoms with Gasteiger partial charge in [0.1, 0.15) is 5.75 Å². The third-order valence-corrected chi connectivity index (χ3v) is 6.49. The zero-order valence-electron chi connectivity index (χ0n) is 19.7. The van der Waals surface area contributed by atoms with Crippen molar-refractivity contribution in [1.29, 1.82) is 0 Å². The Labute approximate surface area is 205 Å². The molecule has 1 N–H and O–H groups in total. The number of carbonyl (C=O) groups excluding carboxylic acids is 1. The standard InChI is InChI=1S/C26H24N4O6/c1-35-21-13-22-23(27-14-21)30(20-11-12-28(15-20)26(33)34)25(32)29(22)19-9-7-17(8-10-19)16-3-5-18(6-4-16)24(31)36-2/h3-10,13-14,20H,11-12,15H2,1-2H3,(H,33,34). The summed E-state index contributed by atoms with van der Waals surface area (Å²) in [6.07, 6.45) is 1.08. The highest BCUT2D eigenvalue weighted by Crippen LogP contribution is 2.28. The molecule has 0 radical (unpaired) electrons. The molecule has 4 aromatic rings. The monoisotopic (exact) mass is 488 g/mol. The predicted molar refractivity (Wildman–Crippen MR) is 132 cm³/mol. The van der Waals surface area contributed by atoms with Crippen LogP contribution in [0.4, 0.5) is 4.79 Å². The van der Waals surface area contributed by atoms with E-state index in [1.54, 1.807) is 33.5 Å². The third-order valence-electron chi connectivity index (χ3n) is 6.49. The van der Waals surface area contributed by atoms with Gasteiger partial charge < -0.3 is 19.5 Å². The zero-order valence-corrected chi connectivity index (χ0v) is 19.7. The average Bonchev–Trinajstić information content (AvgIpc) is 3.50. The van der Waals surface area contributed by atoms with E-state index in [9.17, 15) is 19.5 Å². The molecular formula is C26H24N4O6. The summed E-state index contributed by atoms with van der Waals surface area (Å²) in [4.78, 5) is 42.6. The number of amides is 1. The van der Waals surface area contributed by atoms with Gasteiger partial charge in [0.05, 0.1) is 43.2 Å². The molecule has 0 aliphatic carbocycles. The highest BCUT2D eigenvalue weighted by molar-refractivity contribution is 5.90. The van der Waals surface area contributed by atoms with Crippen molar-refractivity contribution in [2.75, 3.05) is 27.3 Å². The Kier molecular flexibility index (Phi) is 5.93. The number of rotatable bonds is 5. The first-order chi connectivity index (χ1) is 17.4. The Morgan fingerprint density at radius 2 is 1.69 bits per heavy atom. The molecule has 10 heteroatoms.